The topological polar surface area (TPSA) is 30.7 Å². The van der Waals surface area contributed by atoms with E-state index in [1.54, 1.807) is 11.3 Å². The molecule has 0 bridgehead atoms. The van der Waals surface area contributed by atoms with Gasteiger partial charge in [0.15, 0.2) is 0 Å². The number of benzene rings is 7. The van der Waals surface area contributed by atoms with Crippen molar-refractivity contribution < 1.29 is 0 Å². The highest BCUT2D eigenvalue weighted by molar-refractivity contribution is 7.25. The molecule has 0 radical (unpaired) electrons. The second-order valence-corrected chi connectivity index (χ2v) is 15.2. The zero-order valence-corrected chi connectivity index (χ0v) is 29.0. The molecule has 0 saturated heterocycles. The smallest absolute Gasteiger partial charge is 0.236 e. The van der Waals surface area contributed by atoms with Crippen molar-refractivity contribution in [2.75, 3.05) is 0 Å². The third-order valence-corrected chi connectivity index (χ3v) is 12.1. The van der Waals surface area contributed by atoms with Crippen LogP contribution >= 0.6 is 11.3 Å². The molecule has 0 spiro atoms. The summed E-state index contributed by atoms with van der Waals surface area (Å²) in [6.07, 6.45) is 0. The van der Waals surface area contributed by atoms with Gasteiger partial charge < -0.3 is 0 Å². The van der Waals surface area contributed by atoms with Crippen LogP contribution in [0.2, 0.25) is 0 Å². The summed E-state index contributed by atoms with van der Waals surface area (Å²) in [4.78, 5) is 12.1. The van der Waals surface area contributed by atoms with Gasteiger partial charge in [0.05, 0.1) is 16.7 Å². The minimum absolute atomic E-state index is 0.238. The highest BCUT2D eigenvalue weighted by Crippen LogP contribution is 2.56. The zero-order chi connectivity index (χ0) is 33.8. The van der Waals surface area contributed by atoms with Crippen molar-refractivity contribution >= 4 is 64.2 Å². The Balaban J connectivity index is 1.28. The molecule has 0 amide bonds. The molecule has 1 aliphatic carbocycles. The predicted molar refractivity (Wildman–Crippen MR) is 215 cm³/mol. The van der Waals surface area contributed by atoms with Crippen LogP contribution in [0.3, 0.4) is 0 Å². The summed E-state index contributed by atoms with van der Waals surface area (Å²) >= 11 is 1.75. The fourth-order valence-electron chi connectivity index (χ4n) is 8.77. The molecule has 51 heavy (non-hydrogen) atoms. The van der Waals surface area contributed by atoms with Gasteiger partial charge in [-0.05, 0) is 56.3 Å². The molecule has 1 aliphatic rings. The lowest BCUT2D eigenvalue weighted by molar-refractivity contribution is 0.664. The summed E-state index contributed by atoms with van der Waals surface area (Å²) in [5.41, 5.74) is 11.8. The first-order valence-electron chi connectivity index (χ1n) is 17.5. The summed E-state index contributed by atoms with van der Waals surface area (Å²) in [6, 6.07) is 54.7. The van der Waals surface area contributed by atoms with Gasteiger partial charge in [-0.2, -0.15) is 0 Å². The Morgan fingerprint density at radius 2 is 1.16 bits per heavy atom. The number of hydrogen-bond acceptors (Lipinski definition) is 3. The van der Waals surface area contributed by atoms with E-state index in [-0.39, 0.29) is 5.41 Å². The van der Waals surface area contributed by atoms with E-state index in [0.717, 1.165) is 27.0 Å². The van der Waals surface area contributed by atoms with Crippen LogP contribution in [0.5, 0.6) is 0 Å². The molecule has 0 atom stereocenters. The lowest BCUT2D eigenvalue weighted by Crippen LogP contribution is -2.17. The third kappa shape index (κ3) is 3.94. The van der Waals surface area contributed by atoms with Crippen LogP contribution in [-0.2, 0) is 5.41 Å². The van der Waals surface area contributed by atoms with Crippen LogP contribution in [0.4, 0.5) is 0 Å². The molecule has 0 fully saturated rings. The number of thiophene rings is 1. The molecule has 7 aromatic carbocycles. The monoisotopic (exact) mass is 669 g/mol. The van der Waals surface area contributed by atoms with E-state index >= 15 is 0 Å². The minimum atomic E-state index is -0.238. The molecule has 3 heterocycles. The highest BCUT2D eigenvalue weighted by atomic mass is 32.1. The van der Waals surface area contributed by atoms with Gasteiger partial charge in [-0.15, -0.1) is 11.3 Å². The lowest BCUT2D eigenvalue weighted by Gasteiger charge is -2.24. The Labute approximate surface area is 299 Å². The van der Waals surface area contributed by atoms with Crippen LogP contribution in [0.15, 0.2) is 152 Å². The predicted octanol–water partition coefficient (Wildman–Crippen LogP) is 12.7. The molecule has 0 N–H and O–H groups in total. The SMILES string of the molecule is CC1(C)c2ccccc2-c2c1c1c(c3ccccc23)c2ccccc2n1-c1nc(-c2ccc(-c3ccccc3)cc2)c2c(n1)sc1ccccc12. The molecule has 3 nitrogen and oxygen atoms in total. The van der Waals surface area contributed by atoms with Crippen LogP contribution in [0.1, 0.15) is 25.0 Å². The molecule has 0 aliphatic heterocycles. The molecule has 240 valence electrons. The van der Waals surface area contributed by atoms with Crippen molar-refractivity contribution in [1.29, 1.82) is 0 Å². The second kappa shape index (κ2) is 10.5. The number of rotatable bonds is 3. The van der Waals surface area contributed by atoms with E-state index in [9.17, 15) is 0 Å². The van der Waals surface area contributed by atoms with Gasteiger partial charge in [0.25, 0.3) is 0 Å². The van der Waals surface area contributed by atoms with Gasteiger partial charge in [0.2, 0.25) is 5.95 Å². The fraction of sp³-hybridized carbons (Fsp3) is 0.0638. The van der Waals surface area contributed by atoms with Gasteiger partial charge in [-0.3, -0.25) is 4.57 Å². The van der Waals surface area contributed by atoms with Crippen molar-refractivity contribution in [2.24, 2.45) is 0 Å². The van der Waals surface area contributed by atoms with E-state index in [1.165, 1.54) is 70.5 Å². The highest BCUT2D eigenvalue weighted by Gasteiger charge is 2.40. The number of hydrogen-bond donors (Lipinski definition) is 0. The van der Waals surface area contributed by atoms with Crippen LogP contribution in [0.25, 0.3) is 92.3 Å². The second-order valence-electron chi connectivity index (χ2n) is 14.1. The van der Waals surface area contributed by atoms with E-state index < -0.39 is 0 Å². The zero-order valence-electron chi connectivity index (χ0n) is 28.2. The average Bonchev–Trinajstić information content (AvgIpc) is 3.81. The first kappa shape index (κ1) is 28.7. The van der Waals surface area contributed by atoms with Gasteiger partial charge in [-0.25, -0.2) is 9.97 Å². The van der Waals surface area contributed by atoms with E-state index in [4.69, 9.17) is 9.97 Å². The number of fused-ring (bicyclic) bond motifs is 13. The summed E-state index contributed by atoms with van der Waals surface area (Å²) in [5, 5.41) is 7.32. The normalized spacial score (nSPS) is 13.5. The van der Waals surface area contributed by atoms with Crippen LogP contribution in [0, 0.1) is 0 Å². The average molecular weight is 670 g/mol. The number of aromatic nitrogens is 3. The van der Waals surface area contributed by atoms with Gasteiger partial charge >= 0.3 is 0 Å². The van der Waals surface area contributed by atoms with Crippen molar-refractivity contribution in [2.45, 2.75) is 19.3 Å². The lowest BCUT2D eigenvalue weighted by atomic mass is 9.80. The quantitative estimate of drug-likeness (QED) is 0.187. The first-order chi connectivity index (χ1) is 25.1. The Bertz CT molecular complexity index is 3040. The maximum absolute atomic E-state index is 5.60. The molecular weight excluding hydrogens is 639 g/mol. The Hall–Kier alpha value is -6.10. The summed E-state index contributed by atoms with van der Waals surface area (Å²) in [5.74, 6) is 0.701. The van der Waals surface area contributed by atoms with Gasteiger partial charge in [0, 0.05) is 37.2 Å². The Morgan fingerprint density at radius 1 is 0.529 bits per heavy atom. The maximum Gasteiger partial charge on any atom is 0.236 e. The number of nitrogens with zero attached hydrogens (tertiary/aromatic N) is 3. The molecule has 3 aromatic heterocycles. The number of para-hydroxylation sites is 1. The standard InChI is InChI=1S/C47H31N3S/c1-47(2)36-21-11-8-18-33(36)39-31-16-6-7-17-32(31)40-34-19-9-12-22-37(34)50(44(40)42(39)47)46-48-43(41-35-20-10-13-23-38(35)51-45(41)49-46)30-26-24-29(25-27-30)28-14-4-3-5-15-28/h3-27H,1-2H3. The molecule has 11 rings (SSSR count). The summed E-state index contributed by atoms with van der Waals surface area (Å²) < 4.78 is 3.58. The molecule has 0 saturated carbocycles. The van der Waals surface area contributed by atoms with Gasteiger partial charge in [0.1, 0.15) is 4.83 Å². The van der Waals surface area contributed by atoms with Gasteiger partial charge in [-0.1, -0.05) is 153 Å². The Morgan fingerprint density at radius 3 is 1.98 bits per heavy atom. The third-order valence-electron chi connectivity index (χ3n) is 11.0. The van der Waals surface area contributed by atoms with Crippen molar-refractivity contribution in [3.63, 3.8) is 0 Å². The summed E-state index contributed by atoms with van der Waals surface area (Å²) in [6.45, 7) is 4.76. The largest absolute Gasteiger partial charge is 0.278 e. The van der Waals surface area contributed by atoms with Crippen molar-refractivity contribution in [3.8, 4) is 39.5 Å². The molecule has 10 aromatic rings. The van der Waals surface area contributed by atoms with E-state index in [2.05, 4.69) is 170 Å². The Kier molecular flexibility index (Phi) is 5.89. The fourth-order valence-corrected chi connectivity index (χ4v) is 9.84. The van der Waals surface area contributed by atoms with E-state index in [1.807, 2.05) is 0 Å². The van der Waals surface area contributed by atoms with Crippen molar-refractivity contribution in [1.82, 2.24) is 14.5 Å². The first-order valence-corrected chi connectivity index (χ1v) is 18.3. The molecule has 0 unspecified atom stereocenters. The minimum Gasteiger partial charge on any atom is -0.278 e. The van der Waals surface area contributed by atoms with Crippen LogP contribution < -0.4 is 0 Å². The summed E-state index contributed by atoms with van der Waals surface area (Å²) in [7, 11) is 0. The molecular formula is C47H31N3S. The molecule has 4 heteroatoms. The van der Waals surface area contributed by atoms with E-state index in [0.29, 0.717) is 5.95 Å². The van der Waals surface area contributed by atoms with Crippen LogP contribution in [-0.4, -0.2) is 14.5 Å². The van der Waals surface area contributed by atoms with Crippen molar-refractivity contribution in [3.05, 3.63) is 163 Å². The maximum atomic E-state index is 5.60.